The topological polar surface area (TPSA) is 154 Å². The lowest BCUT2D eigenvalue weighted by atomic mass is 10.2. The van der Waals surface area contributed by atoms with Gasteiger partial charge < -0.3 is 10.2 Å². The summed E-state index contributed by atoms with van der Waals surface area (Å²) in [4.78, 5) is 5.09. The minimum absolute atomic E-state index is 0.0474. The standard InChI is InChI=1S/C15H12N8O3S2/c16-14-19-21-22-23(14)18-9-11-3-6-13(26-11)10-1-4-12(5-2-10)28(24,25)20-15-17-7-8-27-15/h1-9H,(H,17,20)(H2,16,19,22)/b18-9+. The van der Waals surface area contributed by atoms with E-state index in [0.29, 0.717) is 22.2 Å². The van der Waals surface area contributed by atoms with E-state index in [1.54, 1.807) is 29.6 Å². The fraction of sp³-hybridized carbons (Fsp3) is 0. The number of hydrogen-bond donors (Lipinski definition) is 2. The van der Waals surface area contributed by atoms with E-state index >= 15 is 0 Å². The van der Waals surface area contributed by atoms with Crippen LogP contribution in [0.5, 0.6) is 0 Å². The molecule has 13 heteroatoms. The van der Waals surface area contributed by atoms with Gasteiger partial charge in [0.15, 0.2) is 5.13 Å². The molecule has 3 heterocycles. The van der Waals surface area contributed by atoms with Crippen LogP contribution in [0, 0.1) is 0 Å². The molecule has 0 fully saturated rings. The number of furan rings is 1. The molecule has 3 N–H and O–H groups in total. The van der Waals surface area contributed by atoms with Crippen LogP contribution in [0.2, 0.25) is 0 Å². The van der Waals surface area contributed by atoms with Crippen LogP contribution in [0.4, 0.5) is 11.1 Å². The summed E-state index contributed by atoms with van der Waals surface area (Å²) < 4.78 is 32.8. The molecular weight excluding hydrogens is 404 g/mol. The first kappa shape index (κ1) is 17.8. The molecule has 0 aliphatic heterocycles. The van der Waals surface area contributed by atoms with E-state index in [-0.39, 0.29) is 10.8 Å². The first-order valence-corrected chi connectivity index (χ1v) is 10.1. The molecule has 11 nitrogen and oxygen atoms in total. The quantitative estimate of drug-likeness (QED) is 0.450. The predicted octanol–water partition coefficient (Wildman–Crippen LogP) is 1.65. The molecule has 0 saturated heterocycles. The largest absolute Gasteiger partial charge is 0.455 e. The van der Waals surface area contributed by atoms with Gasteiger partial charge >= 0.3 is 0 Å². The number of sulfonamides is 1. The van der Waals surface area contributed by atoms with Crippen molar-refractivity contribution in [3.63, 3.8) is 0 Å². The first-order chi connectivity index (χ1) is 13.5. The number of nitrogens with two attached hydrogens (primary N) is 1. The van der Waals surface area contributed by atoms with Crippen molar-refractivity contribution in [3.05, 3.63) is 53.7 Å². The smallest absolute Gasteiger partial charge is 0.263 e. The highest BCUT2D eigenvalue weighted by atomic mass is 32.2. The lowest BCUT2D eigenvalue weighted by molar-refractivity contribution is 0.573. The number of nitrogens with zero attached hydrogens (tertiary/aromatic N) is 6. The molecule has 1 aromatic carbocycles. The van der Waals surface area contributed by atoms with Crippen LogP contribution in [0.15, 0.2) is 62.4 Å². The van der Waals surface area contributed by atoms with Gasteiger partial charge in [0, 0.05) is 17.1 Å². The summed E-state index contributed by atoms with van der Waals surface area (Å²) in [5.74, 6) is 1.04. The third-order valence-electron chi connectivity index (χ3n) is 3.50. The minimum Gasteiger partial charge on any atom is -0.455 e. The Kier molecular flexibility index (Phi) is 4.58. The summed E-state index contributed by atoms with van der Waals surface area (Å²) in [5, 5.41) is 16.4. The lowest BCUT2D eigenvalue weighted by Gasteiger charge is -2.05. The molecule has 0 spiro atoms. The van der Waals surface area contributed by atoms with Crippen LogP contribution in [0.25, 0.3) is 11.3 Å². The number of nitrogens with one attached hydrogen (secondary N) is 1. The van der Waals surface area contributed by atoms with E-state index in [0.717, 1.165) is 4.79 Å². The molecule has 0 atom stereocenters. The number of benzene rings is 1. The molecular formula is C15H12N8O3S2. The van der Waals surface area contributed by atoms with Crippen molar-refractivity contribution in [2.24, 2.45) is 5.10 Å². The summed E-state index contributed by atoms with van der Waals surface area (Å²) in [5.41, 5.74) is 6.22. The lowest BCUT2D eigenvalue weighted by Crippen LogP contribution is -2.12. The third kappa shape index (κ3) is 3.74. The maximum Gasteiger partial charge on any atom is 0.263 e. The second-order valence-corrected chi connectivity index (χ2v) is 7.92. The molecule has 0 saturated carbocycles. The summed E-state index contributed by atoms with van der Waals surface area (Å²) in [6, 6.07) is 9.72. The molecule has 142 valence electrons. The van der Waals surface area contributed by atoms with Gasteiger partial charge in [0.2, 0.25) is 0 Å². The maximum atomic E-state index is 12.4. The zero-order valence-electron chi connectivity index (χ0n) is 14.0. The highest BCUT2D eigenvalue weighted by molar-refractivity contribution is 7.93. The monoisotopic (exact) mass is 416 g/mol. The number of anilines is 2. The Morgan fingerprint density at radius 3 is 2.71 bits per heavy atom. The Morgan fingerprint density at radius 2 is 2.04 bits per heavy atom. The molecule has 4 aromatic rings. The molecule has 0 unspecified atom stereocenters. The number of hydrogen-bond acceptors (Lipinski definition) is 10. The minimum atomic E-state index is -3.70. The highest BCUT2D eigenvalue weighted by Gasteiger charge is 2.16. The van der Waals surface area contributed by atoms with Crippen molar-refractivity contribution < 1.29 is 12.8 Å². The predicted molar refractivity (Wildman–Crippen MR) is 102 cm³/mol. The Balaban J connectivity index is 1.51. The molecule has 0 aliphatic rings. The third-order valence-corrected chi connectivity index (χ3v) is 5.67. The van der Waals surface area contributed by atoms with E-state index in [9.17, 15) is 8.42 Å². The van der Waals surface area contributed by atoms with Crippen LogP contribution >= 0.6 is 11.3 Å². The average Bonchev–Trinajstić information content (AvgIpc) is 3.42. The van der Waals surface area contributed by atoms with Gasteiger partial charge in [0.1, 0.15) is 11.5 Å². The van der Waals surface area contributed by atoms with E-state index in [1.165, 1.54) is 35.9 Å². The molecule has 0 amide bonds. The Labute approximate surface area is 162 Å². The highest BCUT2D eigenvalue weighted by Crippen LogP contribution is 2.24. The second-order valence-electron chi connectivity index (χ2n) is 5.34. The van der Waals surface area contributed by atoms with Gasteiger partial charge in [-0.05, 0) is 46.8 Å². The van der Waals surface area contributed by atoms with Gasteiger partial charge in [-0.15, -0.1) is 11.3 Å². The van der Waals surface area contributed by atoms with Crippen molar-refractivity contribution >= 4 is 38.7 Å². The fourth-order valence-electron chi connectivity index (χ4n) is 2.21. The van der Waals surface area contributed by atoms with E-state index < -0.39 is 10.0 Å². The van der Waals surface area contributed by atoms with Gasteiger partial charge in [-0.25, -0.2) is 13.4 Å². The van der Waals surface area contributed by atoms with Crippen LogP contribution in [-0.2, 0) is 10.0 Å². The van der Waals surface area contributed by atoms with E-state index in [4.69, 9.17) is 10.2 Å². The second kappa shape index (κ2) is 7.21. The first-order valence-electron chi connectivity index (χ1n) is 7.72. The summed E-state index contributed by atoms with van der Waals surface area (Å²) >= 11 is 1.20. The summed E-state index contributed by atoms with van der Waals surface area (Å²) in [7, 11) is -3.70. The molecule has 0 aliphatic carbocycles. The van der Waals surface area contributed by atoms with Gasteiger partial charge in [-0.1, -0.05) is 9.89 Å². The maximum absolute atomic E-state index is 12.4. The molecule has 3 aromatic heterocycles. The van der Waals surface area contributed by atoms with Gasteiger partial charge in [0.05, 0.1) is 11.1 Å². The number of thiazole rings is 1. The van der Waals surface area contributed by atoms with Crippen molar-refractivity contribution in [1.29, 1.82) is 0 Å². The van der Waals surface area contributed by atoms with Crippen molar-refractivity contribution in [2.75, 3.05) is 10.5 Å². The van der Waals surface area contributed by atoms with Crippen LogP contribution in [0.3, 0.4) is 0 Å². The van der Waals surface area contributed by atoms with Crippen LogP contribution in [0.1, 0.15) is 5.76 Å². The van der Waals surface area contributed by atoms with Gasteiger partial charge in [0.25, 0.3) is 16.0 Å². The van der Waals surface area contributed by atoms with E-state index in [2.05, 4.69) is 30.3 Å². The van der Waals surface area contributed by atoms with Crippen LogP contribution < -0.4 is 10.5 Å². The molecule has 0 radical (unpaired) electrons. The Bertz CT molecular complexity index is 1210. The molecule has 0 bridgehead atoms. The number of rotatable bonds is 6. The van der Waals surface area contributed by atoms with Crippen molar-refractivity contribution in [2.45, 2.75) is 4.90 Å². The summed E-state index contributed by atoms with van der Waals surface area (Å²) in [6.07, 6.45) is 2.93. The normalized spacial score (nSPS) is 11.9. The van der Waals surface area contributed by atoms with Crippen LogP contribution in [-0.4, -0.2) is 39.9 Å². The SMILES string of the molecule is Nc1nnnn1/N=C/c1ccc(-c2ccc(S(=O)(=O)Nc3nccs3)cc2)o1. The molecule has 4 rings (SSSR count). The van der Waals surface area contributed by atoms with E-state index in [1.807, 2.05) is 0 Å². The van der Waals surface area contributed by atoms with Crippen molar-refractivity contribution in [3.8, 4) is 11.3 Å². The van der Waals surface area contributed by atoms with Gasteiger partial charge in [-0.2, -0.15) is 5.10 Å². The number of tetrazole rings is 1. The number of aromatic nitrogens is 5. The van der Waals surface area contributed by atoms with Gasteiger partial charge in [-0.3, -0.25) is 4.72 Å². The zero-order chi connectivity index (χ0) is 19.6. The molecule has 28 heavy (non-hydrogen) atoms. The zero-order valence-corrected chi connectivity index (χ0v) is 15.6. The Hall–Kier alpha value is -3.58. The number of nitrogen functional groups attached to an aromatic ring is 1. The average molecular weight is 416 g/mol. The fourth-order valence-corrected chi connectivity index (χ4v) is 4.00. The summed E-state index contributed by atoms with van der Waals surface area (Å²) in [6.45, 7) is 0. The Morgan fingerprint density at radius 1 is 1.21 bits per heavy atom. The van der Waals surface area contributed by atoms with Crippen molar-refractivity contribution in [1.82, 2.24) is 25.3 Å².